The standard InChI is InChI=1S/C16H20N2O3/c1-4-21-15-6-5-13(12(3)19)8-14(15)10-18-16(20)7-11(2)9-17-18/h5-9,12,19H,4,10H2,1-3H3. The highest BCUT2D eigenvalue weighted by Gasteiger charge is 2.10. The van der Waals surface area contributed by atoms with E-state index in [1.165, 1.54) is 4.68 Å². The Balaban J connectivity index is 2.40. The highest BCUT2D eigenvalue weighted by molar-refractivity contribution is 5.38. The summed E-state index contributed by atoms with van der Waals surface area (Å²) in [6.07, 6.45) is 1.09. The highest BCUT2D eigenvalue weighted by atomic mass is 16.5. The van der Waals surface area contributed by atoms with Gasteiger partial charge in [-0.1, -0.05) is 6.07 Å². The Bertz CT molecular complexity index is 677. The van der Waals surface area contributed by atoms with Crippen LogP contribution in [0.5, 0.6) is 5.75 Å². The summed E-state index contributed by atoms with van der Waals surface area (Å²) >= 11 is 0. The van der Waals surface area contributed by atoms with Gasteiger partial charge in [-0.05, 0) is 44.0 Å². The number of aliphatic hydroxyl groups is 1. The zero-order valence-electron chi connectivity index (χ0n) is 12.5. The fourth-order valence-electron chi connectivity index (χ4n) is 2.08. The molecule has 0 aliphatic rings. The first-order chi connectivity index (χ1) is 10.0. The van der Waals surface area contributed by atoms with Gasteiger partial charge < -0.3 is 9.84 Å². The molecule has 2 aromatic rings. The van der Waals surface area contributed by atoms with Crippen LogP contribution in [0.1, 0.15) is 36.6 Å². The Labute approximate surface area is 123 Å². The van der Waals surface area contributed by atoms with Crippen molar-refractivity contribution in [1.82, 2.24) is 9.78 Å². The molecule has 0 saturated heterocycles. The molecule has 0 aliphatic heterocycles. The summed E-state index contributed by atoms with van der Waals surface area (Å²) in [5.74, 6) is 0.705. The number of aliphatic hydroxyl groups excluding tert-OH is 1. The Kier molecular flexibility index (Phi) is 4.75. The van der Waals surface area contributed by atoms with Crippen molar-refractivity contribution in [2.75, 3.05) is 6.61 Å². The second kappa shape index (κ2) is 6.54. The summed E-state index contributed by atoms with van der Waals surface area (Å²) in [4.78, 5) is 11.9. The number of hydrogen-bond donors (Lipinski definition) is 1. The summed E-state index contributed by atoms with van der Waals surface area (Å²) < 4.78 is 6.97. The van der Waals surface area contributed by atoms with E-state index in [-0.39, 0.29) is 5.56 Å². The van der Waals surface area contributed by atoms with E-state index < -0.39 is 6.10 Å². The third-order valence-corrected chi connectivity index (χ3v) is 3.19. The predicted octanol–water partition coefficient (Wildman–Crippen LogP) is 2.05. The second-order valence-corrected chi connectivity index (χ2v) is 5.00. The van der Waals surface area contributed by atoms with E-state index in [2.05, 4.69) is 5.10 Å². The maximum atomic E-state index is 11.9. The van der Waals surface area contributed by atoms with Crippen LogP contribution in [-0.4, -0.2) is 21.5 Å². The normalized spacial score (nSPS) is 12.2. The van der Waals surface area contributed by atoms with Gasteiger partial charge in [-0.25, -0.2) is 4.68 Å². The summed E-state index contributed by atoms with van der Waals surface area (Å²) in [6.45, 7) is 6.29. The number of aryl methyl sites for hydroxylation is 1. The van der Waals surface area contributed by atoms with Gasteiger partial charge in [-0.15, -0.1) is 0 Å². The van der Waals surface area contributed by atoms with Gasteiger partial charge in [-0.3, -0.25) is 4.79 Å². The van der Waals surface area contributed by atoms with Gasteiger partial charge in [-0.2, -0.15) is 5.10 Å². The molecule has 0 fully saturated rings. The molecule has 0 bridgehead atoms. The Morgan fingerprint density at radius 1 is 1.38 bits per heavy atom. The minimum absolute atomic E-state index is 0.153. The Morgan fingerprint density at radius 3 is 2.76 bits per heavy atom. The quantitative estimate of drug-likeness (QED) is 0.914. The first-order valence-corrected chi connectivity index (χ1v) is 6.98. The predicted molar refractivity (Wildman–Crippen MR) is 80.6 cm³/mol. The molecule has 0 amide bonds. The second-order valence-electron chi connectivity index (χ2n) is 5.00. The minimum atomic E-state index is -0.567. The topological polar surface area (TPSA) is 64.3 Å². The molecular weight excluding hydrogens is 268 g/mol. The number of benzene rings is 1. The summed E-state index contributed by atoms with van der Waals surface area (Å²) in [7, 11) is 0. The van der Waals surface area contributed by atoms with Gasteiger partial charge in [0.05, 0.1) is 25.5 Å². The van der Waals surface area contributed by atoms with Crippen molar-refractivity contribution in [1.29, 1.82) is 0 Å². The lowest BCUT2D eigenvalue weighted by atomic mass is 10.1. The molecule has 0 spiro atoms. The molecule has 5 nitrogen and oxygen atoms in total. The largest absolute Gasteiger partial charge is 0.494 e. The van der Waals surface area contributed by atoms with Crippen LogP contribution in [0.2, 0.25) is 0 Å². The van der Waals surface area contributed by atoms with Crippen LogP contribution >= 0.6 is 0 Å². The molecule has 0 radical (unpaired) electrons. The summed E-state index contributed by atoms with van der Waals surface area (Å²) in [5, 5.41) is 13.8. The zero-order valence-corrected chi connectivity index (χ0v) is 12.5. The van der Waals surface area contributed by atoms with Crippen molar-refractivity contribution < 1.29 is 9.84 Å². The van der Waals surface area contributed by atoms with Crippen molar-refractivity contribution >= 4 is 0 Å². The van der Waals surface area contributed by atoms with Gasteiger partial charge in [0.2, 0.25) is 0 Å². The Hall–Kier alpha value is -2.14. The van der Waals surface area contributed by atoms with Gasteiger partial charge in [0.25, 0.3) is 5.56 Å². The molecule has 1 N–H and O–H groups in total. The summed E-state index contributed by atoms with van der Waals surface area (Å²) in [5.41, 5.74) is 2.29. The SMILES string of the molecule is CCOc1ccc(C(C)O)cc1Cn1ncc(C)cc1=O. The van der Waals surface area contributed by atoms with E-state index in [0.29, 0.717) is 18.9 Å². The van der Waals surface area contributed by atoms with Gasteiger partial charge in [0.15, 0.2) is 0 Å². The molecule has 1 aromatic heterocycles. The molecule has 1 heterocycles. The molecule has 21 heavy (non-hydrogen) atoms. The molecule has 0 aliphatic carbocycles. The van der Waals surface area contributed by atoms with Crippen LogP contribution in [0.4, 0.5) is 0 Å². The van der Waals surface area contributed by atoms with E-state index >= 15 is 0 Å². The molecule has 0 saturated carbocycles. The molecule has 2 rings (SSSR count). The minimum Gasteiger partial charge on any atom is -0.494 e. The molecule has 1 unspecified atom stereocenters. The van der Waals surface area contributed by atoms with E-state index in [0.717, 1.165) is 16.7 Å². The lowest BCUT2D eigenvalue weighted by Crippen LogP contribution is -2.23. The highest BCUT2D eigenvalue weighted by Crippen LogP contribution is 2.24. The van der Waals surface area contributed by atoms with Crippen molar-refractivity contribution in [2.24, 2.45) is 0 Å². The molecule has 112 valence electrons. The average molecular weight is 288 g/mol. The number of rotatable bonds is 5. The smallest absolute Gasteiger partial charge is 0.267 e. The third kappa shape index (κ3) is 3.70. The first-order valence-electron chi connectivity index (χ1n) is 6.98. The number of hydrogen-bond acceptors (Lipinski definition) is 4. The lowest BCUT2D eigenvalue weighted by Gasteiger charge is -2.14. The van der Waals surface area contributed by atoms with E-state index in [1.807, 2.05) is 32.0 Å². The maximum Gasteiger partial charge on any atom is 0.267 e. The van der Waals surface area contributed by atoms with Crippen LogP contribution < -0.4 is 10.3 Å². The number of nitrogens with zero attached hydrogens (tertiary/aromatic N) is 2. The van der Waals surface area contributed by atoms with Crippen LogP contribution in [0.25, 0.3) is 0 Å². The van der Waals surface area contributed by atoms with Crippen molar-refractivity contribution in [3.05, 3.63) is 57.5 Å². The average Bonchev–Trinajstić information content (AvgIpc) is 2.43. The van der Waals surface area contributed by atoms with E-state index in [9.17, 15) is 9.90 Å². The van der Waals surface area contributed by atoms with Crippen LogP contribution in [0, 0.1) is 6.92 Å². The summed E-state index contributed by atoms with van der Waals surface area (Å²) in [6, 6.07) is 7.04. The Morgan fingerprint density at radius 2 is 2.14 bits per heavy atom. The molecule has 1 aromatic carbocycles. The fraction of sp³-hybridized carbons (Fsp3) is 0.375. The first kappa shape index (κ1) is 15.3. The lowest BCUT2D eigenvalue weighted by molar-refractivity contribution is 0.199. The van der Waals surface area contributed by atoms with Crippen molar-refractivity contribution in [2.45, 2.75) is 33.4 Å². The fourth-order valence-corrected chi connectivity index (χ4v) is 2.08. The van der Waals surface area contributed by atoms with Gasteiger partial charge >= 0.3 is 0 Å². The van der Waals surface area contributed by atoms with Crippen molar-refractivity contribution in [3.63, 3.8) is 0 Å². The van der Waals surface area contributed by atoms with Crippen LogP contribution in [0.15, 0.2) is 35.3 Å². The van der Waals surface area contributed by atoms with Crippen molar-refractivity contribution in [3.8, 4) is 5.75 Å². The number of ether oxygens (including phenoxy) is 1. The third-order valence-electron chi connectivity index (χ3n) is 3.19. The van der Waals surface area contributed by atoms with Crippen LogP contribution in [-0.2, 0) is 6.54 Å². The molecule has 1 atom stereocenters. The number of aromatic nitrogens is 2. The van der Waals surface area contributed by atoms with Gasteiger partial charge in [0.1, 0.15) is 5.75 Å². The zero-order chi connectivity index (χ0) is 15.4. The van der Waals surface area contributed by atoms with Gasteiger partial charge in [0, 0.05) is 11.6 Å². The monoisotopic (exact) mass is 288 g/mol. The molecule has 5 heteroatoms. The maximum absolute atomic E-state index is 11.9. The molecular formula is C16H20N2O3. The van der Waals surface area contributed by atoms with E-state index in [4.69, 9.17) is 4.74 Å². The van der Waals surface area contributed by atoms with E-state index in [1.54, 1.807) is 19.2 Å². The van der Waals surface area contributed by atoms with Crippen LogP contribution in [0.3, 0.4) is 0 Å².